The summed E-state index contributed by atoms with van der Waals surface area (Å²) in [6, 6.07) is 9.82. The summed E-state index contributed by atoms with van der Waals surface area (Å²) in [5, 5.41) is 12.4. The topological polar surface area (TPSA) is 72.8 Å². The number of rotatable bonds is 5. The minimum Gasteiger partial charge on any atom is -0.469 e. The molecule has 1 N–H and O–H groups in total. The lowest BCUT2D eigenvalue weighted by atomic mass is 9.44. The van der Waals surface area contributed by atoms with E-state index < -0.39 is 22.3 Å². The average Bonchev–Trinajstić information content (AvgIpc) is 3.23. The number of aliphatic hydroxyl groups is 1. The lowest BCUT2D eigenvalue weighted by Crippen LogP contribution is -2.65. The van der Waals surface area contributed by atoms with E-state index in [9.17, 15) is 14.7 Å². The van der Waals surface area contributed by atoms with E-state index in [4.69, 9.17) is 9.47 Å². The molecule has 154 valence electrons. The molecule has 5 heteroatoms. The molecule has 8 rings (SSSR count). The summed E-state index contributed by atoms with van der Waals surface area (Å²) in [5.41, 5.74) is -1.85. The number of methoxy groups -OCH3 is 2. The molecule has 7 aliphatic carbocycles. The van der Waals surface area contributed by atoms with Gasteiger partial charge < -0.3 is 14.6 Å². The summed E-state index contributed by atoms with van der Waals surface area (Å²) in [7, 11) is 2.84. The van der Waals surface area contributed by atoms with Crippen molar-refractivity contribution in [1.29, 1.82) is 0 Å². The highest BCUT2D eigenvalue weighted by Crippen LogP contribution is 3.03. The monoisotopic (exact) mass is 396 g/mol. The van der Waals surface area contributed by atoms with Gasteiger partial charge in [0.15, 0.2) is 0 Å². The molecule has 0 aliphatic heterocycles. The van der Waals surface area contributed by atoms with Gasteiger partial charge in [-0.15, -0.1) is 0 Å². The third-order valence-corrected chi connectivity index (χ3v) is 9.89. The third-order valence-electron chi connectivity index (χ3n) is 9.89. The van der Waals surface area contributed by atoms with Crippen LogP contribution in [0.4, 0.5) is 0 Å². The Hall–Kier alpha value is -1.88. The van der Waals surface area contributed by atoms with Gasteiger partial charge in [-0.05, 0) is 48.0 Å². The van der Waals surface area contributed by atoms with Crippen molar-refractivity contribution in [2.24, 2.45) is 45.8 Å². The summed E-state index contributed by atoms with van der Waals surface area (Å²) in [6.45, 7) is 2.10. The van der Waals surface area contributed by atoms with Gasteiger partial charge in [-0.25, -0.2) is 0 Å². The SMILES string of the molecule is CCC[C@]12[C@@H]3[C@@H]4[C@H](C(=O)OC)[C@@]1(C(=O)OC)[C@H]([C@@H]3[C@]2(O)c1ccccc1)C41CC1. The first-order valence-corrected chi connectivity index (χ1v) is 10.9. The molecule has 0 amide bonds. The van der Waals surface area contributed by atoms with Crippen LogP contribution in [0.5, 0.6) is 0 Å². The average molecular weight is 396 g/mol. The third kappa shape index (κ3) is 1.38. The van der Waals surface area contributed by atoms with Crippen LogP contribution in [0.25, 0.3) is 0 Å². The second-order valence-corrected chi connectivity index (χ2v) is 10.0. The van der Waals surface area contributed by atoms with Gasteiger partial charge in [0, 0.05) is 11.3 Å². The summed E-state index contributed by atoms with van der Waals surface area (Å²) < 4.78 is 10.7. The van der Waals surface area contributed by atoms with Crippen molar-refractivity contribution < 1.29 is 24.2 Å². The van der Waals surface area contributed by atoms with Crippen LogP contribution in [0, 0.1) is 45.8 Å². The van der Waals surface area contributed by atoms with E-state index in [0.29, 0.717) is 6.42 Å². The smallest absolute Gasteiger partial charge is 0.313 e. The van der Waals surface area contributed by atoms with Crippen molar-refractivity contribution in [3.63, 3.8) is 0 Å². The second-order valence-electron chi connectivity index (χ2n) is 10.0. The van der Waals surface area contributed by atoms with Gasteiger partial charge in [-0.2, -0.15) is 0 Å². The van der Waals surface area contributed by atoms with Crippen molar-refractivity contribution in [3.8, 4) is 0 Å². The summed E-state index contributed by atoms with van der Waals surface area (Å²) in [6.07, 6.45) is 3.63. The molecule has 5 nitrogen and oxygen atoms in total. The van der Waals surface area contributed by atoms with E-state index in [1.807, 2.05) is 30.3 Å². The van der Waals surface area contributed by atoms with Gasteiger partial charge >= 0.3 is 11.9 Å². The second kappa shape index (κ2) is 5.05. The van der Waals surface area contributed by atoms with Gasteiger partial charge in [-0.3, -0.25) is 9.59 Å². The van der Waals surface area contributed by atoms with Crippen LogP contribution < -0.4 is 0 Å². The molecular weight excluding hydrogens is 368 g/mol. The van der Waals surface area contributed by atoms with Crippen LogP contribution in [0.1, 0.15) is 38.2 Å². The molecule has 0 radical (unpaired) electrons. The molecule has 7 fully saturated rings. The highest BCUT2D eigenvalue weighted by atomic mass is 16.5. The zero-order valence-electron chi connectivity index (χ0n) is 17.2. The van der Waals surface area contributed by atoms with Crippen molar-refractivity contribution >= 4 is 11.9 Å². The fourth-order valence-corrected chi connectivity index (χ4v) is 9.78. The number of esters is 2. The number of hydrogen-bond donors (Lipinski definition) is 1. The van der Waals surface area contributed by atoms with Crippen LogP contribution in [0.15, 0.2) is 30.3 Å². The van der Waals surface area contributed by atoms with E-state index in [1.165, 1.54) is 14.2 Å². The van der Waals surface area contributed by atoms with E-state index in [1.54, 1.807) is 0 Å². The molecule has 0 aromatic heterocycles. The Bertz CT molecular complexity index is 922. The van der Waals surface area contributed by atoms with E-state index in [-0.39, 0.29) is 41.0 Å². The molecule has 29 heavy (non-hydrogen) atoms. The fraction of sp³-hybridized carbons (Fsp3) is 0.667. The zero-order valence-corrected chi connectivity index (χ0v) is 17.2. The number of hydrogen-bond acceptors (Lipinski definition) is 5. The Balaban J connectivity index is 1.66. The number of carbonyl (C=O) groups is 2. The first-order chi connectivity index (χ1) is 13.9. The van der Waals surface area contributed by atoms with Crippen LogP contribution in [0.3, 0.4) is 0 Å². The molecule has 7 aliphatic rings. The minimum absolute atomic E-state index is 0.00111. The summed E-state index contributed by atoms with van der Waals surface area (Å²) >= 11 is 0. The highest BCUT2D eigenvalue weighted by Gasteiger charge is 3.06. The maximum Gasteiger partial charge on any atom is 0.313 e. The lowest BCUT2D eigenvalue weighted by molar-refractivity contribution is -0.247. The lowest BCUT2D eigenvalue weighted by Gasteiger charge is -2.61. The Labute approximate surface area is 170 Å². The molecule has 0 unspecified atom stereocenters. The van der Waals surface area contributed by atoms with Crippen molar-refractivity contribution in [3.05, 3.63) is 35.9 Å². The Morgan fingerprint density at radius 1 is 1.07 bits per heavy atom. The van der Waals surface area contributed by atoms with Gasteiger partial charge in [0.05, 0.1) is 25.6 Å². The van der Waals surface area contributed by atoms with Gasteiger partial charge in [-0.1, -0.05) is 43.7 Å². The van der Waals surface area contributed by atoms with Gasteiger partial charge in [0.25, 0.3) is 0 Å². The maximum atomic E-state index is 13.7. The molecule has 0 heterocycles. The van der Waals surface area contributed by atoms with Crippen LogP contribution >= 0.6 is 0 Å². The standard InChI is InChI=1S/C24H28O5/c1-4-10-22-15-14-17(19(25)28-2)23(22,20(26)29-3)18(21(14)11-12-21)16(15)24(22,27)13-8-6-5-7-9-13/h5-9,14-18,27H,4,10-12H2,1-3H3/t14-,15-,16-,17-,18-,22+,23+,24-/m1/s1. The quantitative estimate of drug-likeness (QED) is 0.775. The Kier molecular flexibility index (Phi) is 3.12. The number of benzene rings is 1. The number of carbonyl (C=O) groups excluding carboxylic acids is 2. The molecule has 1 aromatic carbocycles. The predicted molar refractivity (Wildman–Crippen MR) is 103 cm³/mol. The minimum atomic E-state index is -1.10. The fourth-order valence-electron chi connectivity index (χ4n) is 9.78. The first kappa shape index (κ1) is 17.9. The zero-order chi connectivity index (χ0) is 20.4. The summed E-state index contributed by atoms with van der Waals surface area (Å²) in [5.74, 6) is -0.784. The van der Waals surface area contributed by atoms with Crippen LogP contribution in [-0.4, -0.2) is 31.3 Å². The van der Waals surface area contributed by atoms with Gasteiger partial charge in [0.2, 0.25) is 0 Å². The molecule has 8 atom stereocenters. The molecule has 1 spiro atoms. The Morgan fingerprint density at radius 2 is 1.76 bits per heavy atom. The Morgan fingerprint density at radius 3 is 2.31 bits per heavy atom. The van der Waals surface area contributed by atoms with Crippen molar-refractivity contribution in [1.82, 2.24) is 0 Å². The maximum absolute atomic E-state index is 13.7. The highest BCUT2D eigenvalue weighted by molar-refractivity contribution is 5.93. The van der Waals surface area contributed by atoms with Gasteiger partial charge in [0.1, 0.15) is 5.60 Å². The predicted octanol–water partition coefficient (Wildman–Crippen LogP) is 2.91. The van der Waals surface area contributed by atoms with Crippen molar-refractivity contribution in [2.45, 2.75) is 38.2 Å². The number of ether oxygens (including phenoxy) is 2. The first-order valence-electron chi connectivity index (χ1n) is 10.9. The molecule has 6 bridgehead atoms. The molecular formula is C24H28O5. The normalized spacial score (nSPS) is 48.6. The van der Waals surface area contributed by atoms with Crippen LogP contribution in [-0.2, 0) is 24.7 Å². The van der Waals surface area contributed by atoms with E-state index >= 15 is 0 Å². The van der Waals surface area contributed by atoms with E-state index in [2.05, 4.69) is 6.92 Å². The van der Waals surface area contributed by atoms with Crippen molar-refractivity contribution in [2.75, 3.05) is 14.2 Å². The largest absolute Gasteiger partial charge is 0.469 e. The van der Waals surface area contributed by atoms with E-state index in [0.717, 1.165) is 24.8 Å². The summed E-state index contributed by atoms with van der Waals surface area (Å²) in [4.78, 5) is 26.8. The molecule has 0 saturated heterocycles. The van der Waals surface area contributed by atoms with Crippen LogP contribution in [0.2, 0.25) is 0 Å². The molecule has 7 saturated carbocycles. The molecule has 1 aromatic rings.